The molecule has 0 saturated carbocycles. The summed E-state index contributed by atoms with van der Waals surface area (Å²) in [5.41, 5.74) is 0. The van der Waals surface area contributed by atoms with E-state index in [4.69, 9.17) is 9.47 Å². The third-order valence-corrected chi connectivity index (χ3v) is 3.74. The van der Waals surface area contributed by atoms with Crippen LogP contribution >= 0.6 is 15.9 Å². The zero-order chi connectivity index (χ0) is 12.4. The Kier molecular flexibility index (Phi) is 3.52. The summed E-state index contributed by atoms with van der Waals surface area (Å²) in [6, 6.07) is 12.5. The molecule has 1 aliphatic rings. The normalized spacial score (nSPS) is 16.9. The lowest BCUT2D eigenvalue weighted by Gasteiger charge is -2.23. The van der Waals surface area contributed by atoms with E-state index in [9.17, 15) is 0 Å². The van der Waals surface area contributed by atoms with E-state index in [0.717, 1.165) is 36.3 Å². The highest BCUT2D eigenvalue weighted by Gasteiger charge is 2.15. The minimum Gasteiger partial charge on any atom is -0.490 e. The molecule has 0 aromatic heterocycles. The molecule has 2 aromatic carbocycles. The smallest absolute Gasteiger partial charge is 0.120 e. The molecule has 94 valence electrons. The van der Waals surface area contributed by atoms with Crippen LogP contribution in [-0.2, 0) is 4.74 Å². The average molecular weight is 307 g/mol. The van der Waals surface area contributed by atoms with Crippen molar-refractivity contribution < 1.29 is 9.47 Å². The Labute approximate surface area is 115 Å². The maximum atomic E-state index is 6.00. The van der Waals surface area contributed by atoms with Gasteiger partial charge in [0, 0.05) is 17.3 Å². The number of hydrogen-bond acceptors (Lipinski definition) is 2. The van der Waals surface area contributed by atoms with E-state index >= 15 is 0 Å². The van der Waals surface area contributed by atoms with Gasteiger partial charge in [-0.15, -0.1) is 0 Å². The second-order valence-corrected chi connectivity index (χ2v) is 5.50. The van der Waals surface area contributed by atoms with Gasteiger partial charge in [-0.2, -0.15) is 0 Å². The molecule has 2 nitrogen and oxygen atoms in total. The number of halogens is 1. The van der Waals surface area contributed by atoms with E-state index < -0.39 is 0 Å². The third-order valence-electron chi connectivity index (χ3n) is 3.24. The maximum absolute atomic E-state index is 6.00. The standard InChI is InChI=1S/C15H15BrO2/c16-13-3-1-12-10-15(4-2-11(12)9-13)18-14-5-7-17-8-6-14/h1-4,9-10,14H,5-8H2. The summed E-state index contributed by atoms with van der Waals surface area (Å²) in [6.07, 6.45) is 2.27. The van der Waals surface area contributed by atoms with Crippen LogP contribution in [0.2, 0.25) is 0 Å². The maximum Gasteiger partial charge on any atom is 0.120 e. The lowest BCUT2D eigenvalue weighted by atomic mass is 10.1. The van der Waals surface area contributed by atoms with Gasteiger partial charge in [-0.25, -0.2) is 0 Å². The quantitative estimate of drug-likeness (QED) is 0.829. The topological polar surface area (TPSA) is 18.5 Å². The summed E-state index contributed by atoms with van der Waals surface area (Å²) in [7, 11) is 0. The fraction of sp³-hybridized carbons (Fsp3) is 0.333. The lowest BCUT2D eigenvalue weighted by molar-refractivity contribution is 0.0256. The molecule has 0 radical (unpaired) electrons. The Hall–Kier alpha value is -1.06. The van der Waals surface area contributed by atoms with Crippen molar-refractivity contribution in [2.24, 2.45) is 0 Å². The minimum absolute atomic E-state index is 0.298. The number of rotatable bonds is 2. The molecule has 18 heavy (non-hydrogen) atoms. The Morgan fingerprint density at radius 1 is 1.00 bits per heavy atom. The van der Waals surface area contributed by atoms with E-state index in [0.29, 0.717) is 6.10 Å². The van der Waals surface area contributed by atoms with Gasteiger partial charge in [0.15, 0.2) is 0 Å². The molecule has 0 atom stereocenters. The van der Waals surface area contributed by atoms with E-state index in [1.165, 1.54) is 10.8 Å². The van der Waals surface area contributed by atoms with Crippen LogP contribution in [0.4, 0.5) is 0 Å². The van der Waals surface area contributed by atoms with Crippen molar-refractivity contribution in [1.29, 1.82) is 0 Å². The van der Waals surface area contributed by atoms with Gasteiger partial charge in [-0.05, 0) is 35.0 Å². The minimum atomic E-state index is 0.298. The zero-order valence-electron chi connectivity index (χ0n) is 10.1. The molecule has 1 heterocycles. The highest BCUT2D eigenvalue weighted by Crippen LogP contribution is 2.25. The number of benzene rings is 2. The second-order valence-electron chi connectivity index (χ2n) is 4.58. The summed E-state index contributed by atoms with van der Waals surface area (Å²) < 4.78 is 12.4. The Morgan fingerprint density at radius 2 is 1.72 bits per heavy atom. The molecule has 0 N–H and O–H groups in total. The Balaban J connectivity index is 1.82. The fourth-order valence-electron chi connectivity index (χ4n) is 2.25. The number of fused-ring (bicyclic) bond motifs is 1. The van der Waals surface area contributed by atoms with Crippen molar-refractivity contribution in [2.75, 3.05) is 13.2 Å². The SMILES string of the molecule is Brc1ccc2cc(OC3CCOCC3)ccc2c1. The van der Waals surface area contributed by atoms with Gasteiger partial charge in [0.25, 0.3) is 0 Å². The van der Waals surface area contributed by atoms with Crippen LogP contribution in [0.1, 0.15) is 12.8 Å². The molecule has 2 aromatic rings. The molecule has 1 aliphatic heterocycles. The largest absolute Gasteiger partial charge is 0.490 e. The zero-order valence-corrected chi connectivity index (χ0v) is 11.7. The Morgan fingerprint density at radius 3 is 2.56 bits per heavy atom. The molecule has 0 aliphatic carbocycles. The summed E-state index contributed by atoms with van der Waals surface area (Å²) >= 11 is 3.49. The van der Waals surface area contributed by atoms with Gasteiger partial charge in [0.05, 0.1) is 13.2 Å². The molecule has 1 saturated heterocycles. The van der Waals surface area contributed by atoms with Crippen molar-refractivity contribution in [3.8, 4) is 5.75 Å². The van der Waals surface area contributed by atoms with E-state index in [1.54, 1.807) is 0 Å². The van der Waals surface area contributed by atoms with Crippen LogP contribution in [0.3, 0.4) is 0 Å². The Bertz CT molecular complexity index is 547. The van der Waals surface area contributed by atoms with Gasteiger partial charge in [0.2, 0.25) is 0 Å². The van der Waals surface area contributed by atoms with Crippen molar-refractivity contribution in [3.63, 3.8) is 0 Å². The monoisotopic (exact) mass is 306 g/mol. The van der Waals surface area contributed by atoms with Gasteiger partial charge in [-0.3, -0.25) is 0 Å². The summed E-state index contributed by atoms with van der Waals surface area (Å²) in [4.78, 5) is 0. The van der Waals surface area contributed by atoms with E-state index in [2.05, 4.69) is 46.3 Å². The van der Waals surface area contributed by atoms with E-state index in [-0.39, 0.29) is 0 Å². The first-order valence-electron chi connectivity index (χ1n) is 6.25. The molecule has 0 amide bonds. The first-order valence-corrected chi connectivity index (χ1v) is 7.04. The van der Waals surface area contributed by atoms with Crippen LogP contribution < -0.4 is 4.74 Å². The van der Waals surface area contributed by atoms with Gasteiger partial charge < -0.3 is 9.47 Å². The molecule has 0 bridgehead atoms. The summed E-state index contributed by atoms with van der Waals surface area (Å²) in [5.74, 6) is 0.955. The van der Waals surface area contributed by atoms with Crippen LogP contribution in [0.15, 0.2) is 40.9 Å². The van der Waals surface area contributed by atoms with Gasteiger partial charge >= 0.3 is 0 Å². The number of ether oxygens (including phenoxy) is 2. The predicted molar refractivity (Wildman–Crippen MR) is 76.1 cm³/mol. The molecule has 3 rings (SSSR count). The molecular formula is C15H15BrO2. The summed E-state index contributed by atoms with van der Waals surface area (Å²) in [6.45, 7) is 1.62. The fourth-order valence-corrected chi connectivity index (χ4v) is 2.63. The average Bonchev–Trinajstić information content (AvgIpc) is 2.40. The molecule has 3 heteroatoms. The van der Waals surface area contributed by atoms with Gasteiger partial charge in [0.1, 0.15) is 11.9 Å². The first kappa shape index (κ1) is 12.0. The van der Waals surface area contributed by atoms with Crippen LogP contribution in [0.25, 0.3) is 10.8 Å². The molecular weight excluding hydrogens is 292 g/mol. The lowest BCUT2D eigenvalue weighted by Crippen LogP contribution is -2.25. The summed E-state index contributed by atoms with van der Waals surface area (Å²) in [5, 5.41) is 2.44. The van der Waals surface area contributed by atoms with Crippen LogP contribution in [0.5, 0.6) is 5.75 Å². The van der Waals surface area contributed by atoms with Crippen LogP contribution in [0, 0.1) is 0 Å². The predicted octanol–water partition coefficient (Wildman–Crippen LogP) is 4.16. The third kappa shape index (κ3) is 2.68. The number of hydrogen-bond donors (Lipinski definition) is 0. The van der Waals surface area contributed by atoms with E-state index in [1.807, 2.05) is 6.07 Å². The van der Waals surface area contributed by atoms with Crippen molar-refractivity contribution in [3.05, 3.63) is 40.9 Å². The molecule has 0 spiro atoms. The molecule has 0 unspecified atom stereocenters. The van der Waals surface area contributed by atoms with Crippen molar-refractivity contribution >= 4 is 26.7 Å². The second kappa shape index (κ2) is 5.29. The van der Waals surface area contributed by atoms with Crippen molar-refractivity contribution in [1.82, 2.24) is 0 Å². The molecule has 1 fully saturated rings. The first-order chi connectivity index (χ1) is 8.81. The van der Waals surface area contributed by atoms with Crippen molar-refractivity contribution in [2.45, 2.75) is 18.9 Å². The highest BCUT2D eigenvalue weighted by atomic mass is 79.9. The van der Waals surface area contributed by atoms with Gasteiger partial charge in [-0.1, -0.05) is 28.1 Å². The highest BCUT2D eigenvalue weighted by molar-refractivity contribution is 9.10. The van der Waals surface area contributed by atoms with Crippen LogP contribution in [-0.4, -0.2) is 19.3 Å².